The van der Waals surface area contributed by atoms with Gasteiger partial charge in [0, 0.05) is 29.2 Å². The maximum absolute atomic E-state index is 10.5. The van der Waals surface area contributed by atoms with Crippen LogP contribution in [-0.4, -0.2) is 39.5 Å². The zero-order valence-corrected chi connectivity index (χ0v) is 19.5. The van der Waals surface area contributed by atoms with Crippen molar-refractivity contribution in [2.75, 3.05) is 33.4 Å². The molecule has 0 saturated carbocycles. The van der Waals surface area contributed by atoms with Crippen LogP contribution in [0.25, 0.3) is 0 Å². The van der Waals surface area contributed by atoms with Gasteiger partial charge in [0.05, 0.1) is 21.3 Å². The molecular weight excluding hydrogens is 438 g/mol. The minimum Gasteiger partial charge on any atom is -0.502 e. The number of nitrogens with one attached hydrogen (secondary N) is 1. The summed E-state index contributed by atoms with van der Waals surface area (Å²) in [5, 5.41) is 14.0. The first kappa shape index (κ1) is 21.9. The van der Waals surface area contributed by atoms with Gasteiger partial charge in [-0.05, 0) is 48.0 Å². The standard InChI is InChI=1S/C26H27NO7/c1-14-24(15-9-22(30-3)25(28)23(10-15)31-4)18-11-20-21(33-13-32-20)12-19(18)34-26(14)27-16-5-7-17(29-2)8-6-16/h5-12,14,24,26-28H,13H2,1-4H3/t14-,24+,26-/m0/s1. The summed E-state index contributed by atoms with van der Waals surface area (Å²) in [4.78, 5) is 0. The summed E-state index contributed by atoms with van der Waals surface area (Å²) in [5.74, 6) is 3.32. The van der Waals surface area contributed by atoms with Crippen LogP contribution < -0.4 is 33.7 Å². The third-order valence-corrected chi connectivity index (χ3v) is 6.36. The normalized spacial score (nSPS) is 20.2. The molecule has 5 rings (SSSR count). The average Bonchev–Trinajstić information content (AvgIpc) is 3.31. The SMILES string of the molecule is COc1ccc(N[C@H]2Oc3cc4c(cc3[C@@H](c3cc(OC)c(O)c(OC)c3)[C@@H]2C)OCO4)cc1. The largest absolute Gasteiger partial charge is 0.502 e. The van der Waals surface area contributed by atoms with Gasteiger partial charge in [0.2, 0.25) is 12.5 Å². The highest BCUT2D eigenvalue weighted by molar-refractivity contribution is 5.60. The number of hydrogen-bond donors (Lipinski definition) is 2. The Morgan fingerprint density at radius 3 is 2.12 bits per heavy atom. The zero-order chi connectivity index (χ0) is 23.8. The quantitative estimate of drug-likeness (QED) is 0.540. The third kappa shape index (κ3) is 3.75. The molecule has 34 heavy (non-hydrogen) atoms. The second kappa shape index (κ2) is 8.78. The van der Waals surface area contributed by atoms with E-state index in [0.29, 0.717) is 28.7 Å². The highest BCUT2D eigenvalue weighted by Crippen LogP contribution is 2.51. The molecule has 0 aromatic heterocycles. The van der Waals surface area contributed by atoms with Gasteiger partial charge in [-0.2, -0.15) is 0 Å². The van der Waals surface area contributed by atoms with Crippen LogP contribution in [0.5, 0.6) is 40.2 Å². The monoisotopic (exact) mass is 465 g/mol. The summed E-state index contributed by atoms with van der Waals surface area (Å²) < 4.78 is 33.8. The predicted molar refractivity (Wildman–Crippen MR) is 126 cm³/mol. The van der Waals surface area contributed by atoms with E-state index in [1.165, 1.54) is 14.2 Å². The van der Waals surface area contributed by atoms with Crippen molar-refractivity contribution < 1.29 is 33.5 Å². The molecule has 3 aromatic rings. The Labute approximate surface area is 197 Å². The lowest BCUT2D eigenvalue weighted by atomic mass is 9.78. The molecule has 3 aromatic carbocycles. The second-order valence-electron chi connectivity index (χ2n) is 8.27. The number of phenols is 1. The molecule has 178 valence electrons. The lowest BCUT2D eigenvalue weighted by Crippen LogP contribution is -2.40. The number of aromatic hydroxyl groups is 1. The maximum Gasteiger partial charge on any atom is 0.231 e. The van der Waals surface area contributed by atoms with E-state index >= 15 is 0 Å². The van der Waals surface area contributed by atoms with Crippen LogP contribution in [0.4, 0.5) is 5.69 Å². The molecule has 3 atom stereocenters. The Kier molecular flexibility index (Phi) is 5.65. The van der Waals surface area contributed by atoms with E-state index in [2.05, 4.69) is 12.2 Å². The molecule has 2 heterocycles. The molecule has 0 unspecified atom stereocenters. The van der Waals surface area contributed by atoms with Crippen molar-refractivity contribution >= 4 is 5.69 Å². The van der Waals surface area contributed by atoms with E-state index in [0.717, 1.165) is 22.6 Å². The molecule has 2 aliphatic rings. The van der Waals surface area contributed by atoms with Crippen LogP contribution in [0.1, 0.15) is 24.0 Å². The summed E-state index contributed by atoms with van der Waals surface area (Å²) in [6.45, 7) is 2.29. The zero-order valence-electron chi connectivity index (χ0n) is 19.5. The van der Waals surface area contributed by atoms with E-state index in [4.69, 9.17) is 28.4 Å². The predicted octanol–water partition coefficient (Wildman–Crippen LogP) is 4.75. The minimum absolute atomic E-state index is 0.0195. The molecule has 0 bridgehead atoms. The molecule has 0 amide bonds. The fourth-order valence-electron chi connectivity index (χ4n) is 4.58. The summed E-state index contributed by atoms with van der Waals surface area (Å²) in [5.41, 5.74) is 2.78. The first-order valence-corrected chi connectivity index (χ1v) is 11.0. The number of methoxy groups -OCH3 is 3. The molecule has 8 nitrogen and oxygen atoms in total. The minimum atomic E-state index is -0.350. The fourth-order valence-corrected chi connectivity index (χ4v) is 4.58. The third-order valence-electron chi connectivity index (χ3n) is 6.36. The van der Waals surface area contributed by atoms with Gasteiger partial charge in [-0.1, -0.05) is 6.92 Å². The van der Waals surface area contributed by atoms with Gasteiger partial charge in [0.15, 0.2) is 29.2 Å². The van der Waals surface area contributed by atoms with Gasteiger partial charge < -0.3 is 38.8 Å². The van der Waals surface area contributed by atoms with E-state index in [9.17, 15) is 5.11 Å². The summed E-state index contributed by atoms with van der Waals surface area (Å²) in [6, 6.07) is 15.2. The van der Waals surface area contributed by atoms with E-state index in [1.807, 2.05) is 48.5 Å². The Morgan fingerprint density at radius 2 is 1.50 bits per heavy atom. The summed E-state index contributed by atoms with van der Waals surface area (Å²) >= 11 is 0. The van der Waals surface area contributed by atoms with Crippen LogP contribution >= 0.6 is 0 Å². The van der Waals surface area contributed by atoms with Crippen molar-refractivity contribution in [2.45, 2.75) is 19.1 Å². The average molecular weight is 466 g/mol. The van der Waals surface area contributed by atoms with E-state index in [-0.39, 0.29) is 30.6 Å². The Bertz CT molecular complexity index is 1170. The number of rotatable bonds is 6. The lowest BCUT2D eigenvalue weighted by Gasteiger charge is -2.39. The molecule has 0 radical (unpaired) electrons. The van der Waals surface area contributed by atoms with Gasteiger partial charge in [-0.15, -0.1) is 0 Å². The summed E-state index contributed by atoms with van der Waals surface area (Å²) in [6.07, 6.45) is -0.350. The fraction of sp³-hybridized carbons (Fsp3) is 0.308. The van der Waals surface area contributed by atoms with Gasteiger partial charge in [0.25, 0.3) is 0 Å². The molecule has 0 saturated heterocycles. The molecule has 0 aliphatic carbocycles. The van der Waals surface area contributed by atoms with Gasteiger partial charge in [0.1, 0.15) is 11.5 Å². The van der Waals surface area contributed by atoms with Gasteiger partial charge in [-0.25, -0.2) is 0 Å². The van der Waals surface area contributed by atoms with Crippen LogP contribution in [0, 0.1) is 5.92 Å². The molecule has 0 fully saturated rings. The number of ether oxygens (including phenoxy) is 6. The second-order valence-corrected chi connectivity index (χ2v) is 8.27. The Morgan fingerprint density at radius 1 is 0.853 bits per heavy atom. The summed E-state index contributed by atoms with van der Waals surface area (Å²) in [7, 11) is 4.68. The van der Waals surface area contributed by atoms with Crippen LogP contribution in [0.2, 0.25) is 0 Å². The lowest BCUT2D eigenvalue weighted by molar-refractivity contribution is 0.134. The first-order valence-electron chi connectivity index (χ1n) is 11.0. The van der Waals surface area contributed by atoms with Crippen molar-refractivity contribution in [1.29, 1.82) is 0 Å². The van der Waals surface area contributed by atoms with Crippen LogP contribution in [0.15, 0.2) is 48.5 Å². The topological polar surface area (TPSA) is 87.6 Å². The Balaban J connectivity index is 1.59. The molecule has 8 heteroatoms. The highest BCUT2D eigenvalue weighted by Gasteiger charge is 2.39. The Hall–Kier alpha value is -3.94. The number of benzene rings is 3. The maximum atomic E-state index is 10.5. The van der Waals surface area contributed by atoms with E-state index < -0.39 is 0 Å². The smallest absolute Gasteiger partial charge is 0.231 e. The highest BCUT2D eigenvalue weighted by atomic mass is 16.7. The van der Waals surface area contributed by atoms with E-state index in [1.54, 1.807) is 7.11 Å². The number of hydrogen-bond acceptors (Lipinski definition) is 8. The number of phenolic OH excluding ortho intramolecular Hbond substituents is 1. The molecule has 2 aliphatic heterocycles. The molecule has 2 N–H and O–H groups in total. The molecule has 0 spiro atoms. The van der Waals surface area contributed by atoms with Crippen LogP contribution in [-0.2, 0) is 0 Å². The van der Waals surface area contributed by atoms with Crippen molar-refractivity contribution in [3.63, 3.8) is 0 Å². The number of anilines is 1. The molecular formula is C26H27NO7. The number of fused-ring (bicyclic) bond motifs is 2. The first-order chi connectivity index (χ1) is 16.5. The van der Waals surface area contributed by atoms with Gasteiger partial charge >= 0.3 is 0 Å². The van der Waals surface area contributed by atoms with Crippen molar-refractivity contribution in [3.05, 3.63) is 59.7 Å². The van der Waals surface area contributed by atoms with Gasteiger partial charge in [-0.3, -0.25) is 0 Å². The van der Waals surface area contributed by atoms with Crippen LogP contribution in [0.3, 0.4) is 0 Å². The van der Waals surface area contributed by atoms with Crippen molar-refractivity contribution in [3.8, 4) is 40.2 Å². The van der Waals surface area contributed by atoms with Crippen molar-refractivity contribution in [2.24, 2.45) is 5.92 Å². The van der Waals surface area contributed by atoms with Crippen molar-refractivity contribution in [1.82, 2.24) is 0 Å².